The van der Waals surface area contributed by atoms with Crippen molar-refractivity contribution < 1.29 is 42.9 Å². The van der Waals surface area contributed by atoms with Gasteiger partial charge in [-0.2, -0.15) is 0 Å². The molecule has 2 aliphatic rings. The number of aliphatic hydroxyl groups excluding tert-OH is 2. The minimum atomic E-state index is -4.28. The molecule has 13 nitrogen and oxygen atoms in total. The molecule has 35 heavy (non-hydrogen) atoms. The highest BCUT2D eigenvalue weighted by Crippen LogP contribution is 2.47. The normalized spacial score (nSPS) is 26.9. The molecule has 1 fully saturated rings. The Morgan fingerprint density at radius 1 is 1.29 bits per heavy atom. The number of ether oxygens (including phenoxy) is 2. The number of rotatable bonds is 12. The molecule has 0 aromatic heterocycles. The topological polar surface area (TPSA) is 182 Å². The number of carbonyl (C=O) groups excluding carboxylic acids is 2. The fourth-order valence-electron chi connectivity index (χ4n) is 3.30. The molecule has 0 bridgehead atoms. The summed E-state index contributed by atoms with van der Waals surface area (Å²) >= 11 is 1.14. The Labute approximate surface area is 208 Å². The SMILES string of the molecule is C=C1N=C(N)C=CN1[C@@H]1S[C@H](COP(=O)(N[C@@H](CC(C)C)C(=O)OC)OCC(=O)OC)[C@@H](O)[C@@H]1O. The number of hydrogen-bond donors (Lipinski definition) is 4. The standard InChI is InChI=1S/C20H33N4O9PS/c1-11(2)8-13(20(28)31-5)23-34(29,33-10-16(25)30-4)32-9-14-17(26)18(27)19(35-14)24-7-6-15(21)22-12(24)3/h6-7,11,13-14,17-19,26-27H,3,8-10H2,1-2,4-5H3,(H2,21,22)(H,23,29)/t13-,14+,17+,18-,19+,34?/m0/s1. The Morgan fingerprint density at radius 2 is 1.97 bits per heavy atom. The van der Waals surface area contributed by atoms with Crippen LogP contribution in [-0.4, -0.2) is 89.2 Å². The summed E-state index contributed by atoms with van der Waals surface area (Å²) in [6, 6.07) is -1.05. The van der Waals surface area contributed by atoms with E-state index in [4.69, 9.17) is 19.5 Å². The van der Waals surface area contributed by atoms with Gasteiger partial charge in [0, 0.05) is 6.20 Å². The van der Waals surface area contributed by atoms with Gasteiger partial charge in [0.25, 0.3) is 0 Å². The van der Waals surface area contributed by atoms with Crippen molar-refractivity contribution in [3.8, 4) is 0 Å². The number of carbonyl (C=O) groups is 2. The lowest BCUT2D eigenvalue weighted by Crippen LogP contribution is -2.41. The first-order valence-electron chi connectivity index (χ1n) is 10.7. The van der Waals surface area contributed by atoms with Crippen molar-refractivity contribution in [2.24, 2.45) is 16.6 Å². The number of aliphatic hydroxyl groups is 2. The van der Waals surface area contributed by atoms with Crippen molar-refractivity contribution in [1.82, 2.24) is 9.99 Å². The molecule has 198 valence electrons. The summed E-state index contributed by atoms with van der Waals surface area (Å²) in [6.45, 7) is 6.44. The van der Waals surface area contributed by atoms with Gasteiger partial charge >= 0.3 is 19.7 Å². The van der Waals surface area contributed by atoms with Gasteiger partial charge in [-0.25, -0.2) is 19.4 Å². The third-order valence-corrected chi connectivity index (χ3v) is 8.20. The lowest BCUT2D eigenvalue weighted by Gasteiger charge is -2.30. The Bertz CT molecular complexity index is 900. The molecule has 2 heterocycles. The van der Waals surface area contributed by atoms with E-state index in [1.54, 1.807) is 11.1 Å². The Hall–Kier alpha value is -1.93. The smallest absolute Gasteiger partial charge is 0.406 e. The maximum Gasteiger partial charge on any atom is 0.406 e. The maximum atomic E-state index is 13.5. The minimum absolute atomic E-state index is 0.0196. The van der Waals surface area contributed by atoms with E-state index in [2.05, 4.69) is 21.4 Å². The van der Waals surface area contributed by atoms with Gasteiger partial charge in [0.1, 0.15) is 29.2 Å². The molecule has 0 radical (unpaired) electrons. The number of thioether (sulfide) groups is 1. The van der Waals surface area contributed by atoms with E-state index >= 15 is 0 Å². The van der Waals surface area contributed by atoms with Crippen molar-refractivity contribution in [1.29, 1.82) is 0 Å². The molecule has 0 amide bonds. The van der Waals surface area contributed by atoms with Gasteiger partial charge in [0.15, 0.2) is 6.61 Å². The van der Waals surface area contributed by atoms with Crippen molar-refractivity contribution >= 4 is 37.3 Å². The van der Waals surface area contributed by atoms with Crippen LogP contribution in [-0.2, 0) is 32.7 Å². The number of nitrogens with zero attached hydrogens (tertiary/aromatic N) is 2. The number of esters is 2. The first-order chi connectivity index (χ1) is 16.4. The van der Waals surface area contributed by atoms with Crippen molar-refractivity contribution in [3.05, 3.63) is 24.7 Å². The predicted molar refractivity (Wildman–Crippen MR) is 129 cm³/mol. The number of aliphatic imine (C=N–C) groups is 1. The molecular weight excluding hydrogens is 503 g/mol. The van der Waals surface area contributed by atoms with Crippen molar-refractivity contribution in [3.63, 3.8) is 0 Å². The maximum absolute atomic E-state index is 13.5. The highest BCUT2D eigenvalue weighted by atomic mass is 32.2. The van der Waals surface area contributed by atoms with Crippen molar-refractivity contribution in [2.45, 2.75) is 49.1 Å². The zero-order chi connectivity index (χ0) is 26.3. The molecule has 6 atom stereocenters. The van der Waals surface area contributed by atoms with Crippen LogP contribution >= 0.6 is 19.5 Å². The second kappa shape index (κ2) is 12.9. The summed E-state index contributed by atoms with van der Waals surface area (Å²) in [7, 11) is -1.96. The number of nitrogens with one attached hydrogen (secondary N) is 1. The molecule has 0 saturated carbocycles. The molecule has 0 aromatic rings. The van der Waals surface area contributed by atoms with Gasteiger partial charge in [0.2, 0.25) is 0 Å². The van der Waals surface area contributed by atoms with Crippen molar-refractivity contribution in [2.75, 3.05) is 27.4 Å². The van der Waals surface area contributed by atoms with Gasteiger partial charge in [-0.3, -0.25) is 13.8 Å². The van der Waals surface area contributed by atoms with Gasteiger partial charge in [-0.05, 0) is 18.4 Å². The number of methoxy groups -OCH3 is 2. The van der Waals surface area contributed by atoms with E-state index in [-0.39, 0.29) is 30.6 Å². The van der Waals surface area contributed by atoms with Crippen LogP contribution in [0.25, 0.3) is 0 Å². The summed E-state index contributed by atoms with van der Waals surface area (Å²) < 4.78 is 33.5. The van der Waals surface area contributed by atoms with E-state index in [0.29, 0.717) is 0 Å². The number of hydrogen-bond acceptors (Lipinski definition) is 13. The monoisotopic (exact) mass is 536 g/mol. The zero-order valence-electron chi connectivity index (χ0n) is 20.0. The highest BCUT2D eigenvalue weighted by Gasteiger charge is 2.47. The van der Waals surface area contributed by atoms with Crippen LogP contribution < -0.4 is 10.8 Å². The second-order valence-electron chi connectivity index (χ2n) is 8.20. The third-order valence-electron chi connectivity index (χ3n) is 5.07. The minimum Gasteiger partial charge on any atom is -0.468 e. The average Bonchev–Trinajstić information content (AvgIpc) is 3.08. The fourth-order valence-corrected chi connectivity index (χ4v) is 6.32. The van der Waals surface area contributed by atoms with E-state index in [1.165, 1.54) is 13.2 Å². The molecule has 1 unspecified atom stereocenters. The lowest BCUT2D eigenvalue weighted by atomic mass is 10.1. The van der Waals surface area contributed by atoms with Crippen LogP contribution in [0.1, 0.15) is 20.3 Å². The fraction of sp³-hybridized carbons (Fsp3) is 0.650. The van der Waals surface area contributed by atoms with Crippen LogP contribution in [0.3, 0.4) is 0 Å². The third kappa shape index (κ3) is 8.04. The zero-order valence-corrected chi connectivity index (χ0v) is 21.7. The van der Waals surface area contributed by atoms with Crippen LogP contribution in [0, 0.1) is 5.92 Å². The predicted octanol–water partition coefficient (Wildman–Crippen LogP) is 0.299. The summed E-state index contributed by atoms with van der Waals surface area (Å²) in [5.74, 6) is -0.953. The van der Waals surface area contributed by atoms with Gasteiger partial charge in [-0.1, -0.05) is 20.4 Å². The van der Waals surface area contributed by atoms with Crippen LogP contribution in [0.4, 0.5) is 0 Å². The van der Waals surface area contributed by atoms with E-state index in [0.717, 1.165) is 18.9 Å². The molecule has 0 aromatic carbocycles. The Balaban J connectivity index is 2.15. The summed E-state index contributed by atoms with van der Waals surface area (Å²) in [5, 5.41) is 22.3. The van der Waals surface area contributed by atoms with Gasteiger partial charge in [-0.15, -0.1) is 11.8 Å². The van der Waals surface area contributed by atoms with Crippen LogP contribution in [0.15, 0.2) is 29.7 Å². The van der Waals surface area contributed by atoms with E-state index < -0.39 is 55.2 Å². The average molecular weight is 537 g/mol. The number of nitrogens with two attached hydrogens (primary N) is 1. The summed E-state index contributed by atoms with van der Waals surface area (Å²) in [5.41, 5.74) is 5.65. The molecule has 2 rings (SSSR count). The Morgan fingerprint density at radius 3 is 2.54 bits per heavy atom. The van der Waals surface area contributed by atoms with Gasteiger partial charge in [0.05, 0.1) is 32.2 Å². The molecule has 15 heteroatoms. The van der Waals surface area contributed by atoms with E-state index in [1.807, 2.05) is 13.8 Å². The summed E-state index contributed by atoms with van der Waals surface area (Å²) in [6.07, 6.45) is 0.863. The molecule has 0 spiro atoms. The first-order valence-corrected chi connectivity index (χ1v) is 13.2. The second-order valence-corrected chi connectivity index (χ2v) is 11.3. The van der Waals surface area contributed by atoms with Crippen LogP contribution in [0.2, 0.25) is 0 Å². The molecule has 2 aliphatic heterocycles. The van der Waals surface area contributed by atoms with E-state index in [9.17, 15) is 24.4 Å². The van der Waals surface area contributed by atoms with Gasteiger partial charge < -0.3 is 30.3 Å². The summed E-state index contributed by atoms with van der Waals surface area (Å²) in [4.78, 5) is 29.4. The molecule has 5 N–H and O–H groups in total. The largest absolute Gasteiger partial charge is 0.468 e. The highest BCUT2D eigenvalue weighted by molar-refractivity contribution is 8.00. The lowest BCUT2D eigenvalue weighted by molar-refractivity contribution is -0.143. The number of amidine groups is 1. The van der Waals surface area contributed by atoms with Crippen LogP contribution in [0.5, 0.6) is 0 Å². The molecule has 1 saturated heterocycles. The molecule has 0 aliphatic carbocycles. The quantitative estimate of drug-likeness (QED) is 0.198. The molecular formula is C20H33N4O9PS. The first kappa shape index (κ1) is 29.3. The Kier molecular flexibility index (Phi) is 10.8.